The lowest BCUT2D eigenvalue weighted by Gasteiger charge is -2.39. The van der Waals surface area contributed by atoms with Crippen molar-refractivity contribution in [3.05, 3.63) is 88.2 Å². The Labute approximate surface area is 286 Å². The van der Waals surface area contributed by atoms with Crippen molar-refractivity contribution < 1.29 is 37.7 Å². The number of nitrogens with zero attached hydrogens (tertiary/aromatic N) is 1. The number of hydrogen-bond donors (Lipinski definition) is 1. The van der Waals surface area contributed by atoms with Gasteiger partial charge in [0.2, 0.25) is 5.91 Å². The van der Waals surface area contributed by atoms with Gasteiger partial charge in [-0.2, -0.15) is 0 Å². The first-order valence-corrected chi connectivity index (χ1v) is 16.4. The minimum Gasteiger partial charge on any atom is -0.488 e. The molecule has 258 valence electrons. The number of rotatable bonds is 12. The van der Waals surface area contributed by atoms with E-state index in [1.165, 1.54) is 26.4 Å². The molecular formula is C37H44ClFN2O7. The zero-order valence-corrected chi connectivity index (χ0v) is 28.8. The predicted molar refractivity (Wildman–Crippen MR) is 182 cm³/mol. The number of carbonyl (C=O) groups excluding carboxylic acids is 3. The molecule has 1 aliphatic carbocycles. The fourth-order valence-electron chi connectivity index (χ4n) is 6.09. The van der Waals surface area contributed by atoms with Crippen molar-refractivity contribution in [2.24, 2.45) is 11.7 Å². The Morgan fingerprint density at radius 3 is 2.25 bits per heavy atom. The zero-order chi connectivity index (χ0) is 35.0. The molecule has 1 aliphatic rings. The first kappa shape index (κ1) is 36.7. The molecule has 0 heterocycles. The highest BCUT2D eigenvalue weighted by atomic mass is 35.5. The van der Waals surface area contributed by atoms with Crippen LogP contribution in [-0.4, -0.2) is 68.5 Å². The number of esters is 1. The molecule has 1 saturated carbocycles. The van der Waals surface area contributed by atoms with Crippen molar-refractivity contribution in [2.45, 2.75) is 64.0 Å². The van der Waals surface area contributed by atoms with Crippen molar-refractivity contribution in [1.29, 1.82) is 0 Å². The minimum atomic E-state index is -0.827. The van der Waals surface area contributed by atoms with Crippen LogP contribution in [0.2, 0.25) is 5.02 Å². The Morgan fingerprint density at radius 2 is 1.65 bits per heavy atom. The maximum absolute atomic E-state index is 16.1. The number of ether oxygens (including phenoxy) is 4. The third kappa shape index (κ3) is 9.05. The van der Waals surface area contributed by atoms with Gasteiger partial charge in [0.05, 0.1) is 25.2 Å². The fraction of sp³-hybridized carbons (Fsp3) is 0.432. The van der Waals surface area contributed by atoms with Crippen LogP contribution in [0.5, 0.6) is 5.75 Å². The normalized spacial score (nSPS) is 16.9. The second-order valence-electron chi connectivity index (χ2n) is 12.9. The van der Waals surface area contributed by atoms with E-state index in [0.717, 1.165) is 11.1 Å². The molecule has 1 atom stereocenters. The van der Waals surface area contributed by atoms with Gasteiger partial charge in [-0.1, -0.05) is 48.0 Å². The van der Waals surface area contributed by atoms with Gasteiger partial charge in [-0.25, -0.2) is 9.18 Å². The van der Waals surface area contributed by atoms with Gasteiger partial charge < -0.3 is 29.6 Å². The first-order chi connectivity index (χ1) is 22.8. The Kier molecular flexibility index (Phi) is 12.5. The van der Waals surface area contributed by atoms with Crippen LogP contribution in [0.1, 0.15) is 73.9 Å². The molecule has 11 heteroatoms. The summed E-state index contributed by atoms with van der Waals surface area (Å²) in [4.78, 5) is 40.4. The highest BCUT2D eigenvalue weighted by Crippen LogP contribution is 2.40. The Morgan fingerprint density at radius 1 is 0.958 bits per heavy atom. The van der Waals surface area contributed by atoms with E-state index in [0.29, 0.717) is 25.7 Å². The molecule has 0 bridgehead atoms. The number of nitrogens with two attached hydrogens (primary N) is 1. The van der Waals surface area contributed by atoms with Crippen LogP contribution in [0.4, 0.5) is 9.18 Å². The lowest BCUT2D eigenvalue weighted by molar-refractivity contribution is -0.146. The molecule has 0 aromatic heterocycles. The average Bonchev–Trinajstić information content (AvgIpc) is 3.05. The predicted octanol–water partition coefficient (Wildman–Crippen LogP) is 7.37. The fourth-order valence-corrected chi connectivity index (χ4v) is 6.30. The van der Waals surface area contributed by atoms with Crippen LogP contribution in [0, 0.1) is 11.7 Å². The minimum absolute atomic E-state index is 0.0559. The van der Waals surface area contributed by atoms with Crippen molar-refractivity contribution >= 4 is 29.6 Å². The molecule has 48 heavy (non-hydrogen) atoms. The Bertz CT molecular complexity index is 1590. The van der Waals surface area contributed by atoms with Crippen LogP contribution in [0.25, 0.3) is 11.1 Å². The van der Waals surface area contributed by atoms with E-state index in [2.05, 4.69) is 0 Å². The SMILES string of the molecule is COCCOc1ccc(C(N)=O)c(-c2cc(C(CN(C(=O)OC(C)(C)C)C3CCC(C(=O)OC)CC3)c3ccccc3)ccc2Cl)c1F. The summed E-state index contributed by atoms with van der Waals surface area (Å²) in [5.41, 5.74) is 6.69. The van der Waals surface area contributed by atoms with Crippen molar-refractivity contribution in [3.63, 3.8) is 0 Å². The van der Waals surface area contributed by atoms with Crippen molar-refractivity contribution in [3.8, 4) is 16.9 Å². The van der Waals surface area contributed by atoms with Gasteiger partial charge in [-0.3, -0.25) is 9.59 Å². The van der Waals surface area contributed by atoms with Gasteiger partial charge in [0.15, 0.2) is 11.6 Å². The molecule has 1 unspecified atom stereocenters. The van der Waals surface area contributed by atoms with Crippen LogP contribution in [-0.2, 0) is 19.0 Å². The number of halogens is 2. The van der Waals surface area contributed by atoms with Gasteiger partial charge in [0, 0.05) is 41.8 Å². The van der Waals surface area contributed by atoms with Gasteiger partial charge in [0.25, 0.3) is 0 Å². The number of methoxy groups -OCH3 is 2. The monoisotopic (exact) mass is 682 g/mol. The summed E-state index contributed by atoms with van der Waals surface area (Å²) in [7, 11) is 2.89. The van der Waals surface area contributed by atoms with Crippen LogP contribution in [0.3, 0.4) is 0 Å². The molecular weight excluding hydrogens is 639 g/mol. The zero-order valence-electron chi connectivity index (χ0n) is 28.1. The molecule has 2 amide bonds. The quantitative estimate of drug-likeness (QED) is 0.157. The molecule has 9 nitrogen and oxygen atoms in total. The molecule has 4 rings (SSSR count). The van der Waals surface area contributed by atoms with Crippen molar-refractivity contribution in [2.75, 3.05) is 34.0 Å². The molecule has 3 aromatic carbocycles. The Hall–Kier alpha value is -4.15. The summed E-state index contributed by atoms with van der Waals surface area (Å²) < 4.78 is 37.6. The van der Waals surface area contributed by atoms with Gasteiger partial charge in [-0.15, -0.1) is 0 Å². The van der Waals surface area contributed by atoms with Gasteiger partial charge >= 0.3 is 12.1 Å². The number of primary amides is 1. The third-order valence-corrected chi connectivity index (χ3v) is 8.79. The van der Waals surface area contributed by atoms with E-state index in [9.17, 15) is 14.4 Å². The average molecular weight is 683 g/mol. The molecule has 2 N–H and O–H groups in total. The molecule has 1 fully saturated rings. The standard InChI is InChI=1S/C37H44ClFN2O7/c1-37(2,3)48-36(44)41(26-14-11-24(12-15-26)35(43)46-5)22-29(23-9-7-6-8-10-23)25-13-17-30(38)28(21-25)32-27(34(40)42)16-18-31(33(32)39)47-20-19-45-4/h6-10,13,16-18,21,24,26,29H,11-12,14-15,19-20,22H2,1-5H3,(H2,40,42). The summed E-state index contributed by atoms with van der Waals surface area (Å²) in [5.74, 6) is -2.56. The maximum Gasteiger partial charge on any atom is 0.410 e. The summed E-state index contributed by atoms with van der Waals surface area (Å²) >= 11 is 6.71. The smallest absolute Gasteiger partial charge is 0.410 e. The summed E-state index contributed by atoms with van der Waals surface area (Å²) in [6, 6.07) is 17.4. The lowest BCUT2D eigenvalue weighted by Crippen LogP contribution is -2.47. The van der Waals surface area contributed by atoms with E-state index in [-0.39, 0.29) is 65.2 Å². The molecule has 0 radical (unpaired) electrons. The number of amides is 2. The second-order valence-corrected chi connectivity index (χ2v) is 13.3. The van der Waals surface area contributed by atoms with Crippen LogP contribution >= 0.6 is 11.6 Å². The van der Waals surface area contributed by atoms with E-state index in [1.54, 1.807) is 17.0 Å². The summed E-state index contributed by atoms with van der Waals surface area (Å²) in [6.07, 6.45) is 1.87. The van der Waals surface area contributed by atoms with Crippen LogP contribution < -0.4 is 10.5 Å². The van der Waals surface area contributed by atoms with Gasteiger partial charge in [-0.05, 0) is 81.8 Å². The van der Waals surface area contributed by atoms with E-state index < -0.39 is 29.3 Å². The number of benzene rings is 3. The largest absolute Gasteiger partial charge is 0.488 e. The molecule has 0 spiro atoms. The molecule has 3 aromatic rings. The highest BCUT2D eigenvalue weighted by Gasteiger charge is 2.36. The lowest BCUT2D eigenvalue weighted by atomic mass is 9.84. The molecule has 0 saturated heterocycles. The van der Waals surface area contributed by atoms with E-state index in [1.807, 2.05) is 57.2 Å². The van der Waals surface area contributed by atoms with Gasteiger partial charge in [0.1, 0.15) is 12.2 Å². The van der Waals surface area contributed by atoms with Crippen molar-refractivity contribution in [1.82, 2.24) is 4.90 Å². The maximum atomic E-state index is 16.1. The second kappa shape index (κ2) is 16.3. The third-order valence-electron chi connectivity index (χ3n) is 8.46. The molecule has 0 aliphatic heterocycles. The number of hydrogen-bond acceptors (Lipinski definition) is 7. The summed E-state index contributed by atoms with van der Waals surface area (Å²) in [6.45, 7) is 5.99. The summed E-state index contributed by atoms with van der Waals surface area (Å²) in [5, 5.41) is 0.200. The van der Waals surface area contributed by atoms with E-state index in [4.69, 9.17) is 36.3 Å². The Balaban J connectivity index is 1.81. The number of carbonyl (C=O) groups is 3. The highest BCUT2D eigenvalue weighted by molar-refractivity contribution is 6.33. The first-order valence-electron chi connectivity index (χ1n) is 16.0. The van der Waals surface area contributed by atoms with E-state index >= 15 is 4.39 Å². The topological polar surface area (TPSA) is 117 Å². The van der Waals surface area contributed by atoms with Crippen LogP contribution in [0.15, 0.2) is 60.7 Å².